The van der Waals surface area contributed by atoms with Gasteiger partial charge in [0.15, 0.2) is 0 Å². The van der Waals surface area contributed by atoms with Gasteiger partial charge in [-0.05, 0) is 47.2 Å². The molecule has 0 saturated carbocycles. The maximum absolute atomic E-state index is 2.25. The summed E-state index contributed by atoms with van der Waals surface area (Å²) < 4.78 is 2.70. The molecule has 0 N–H and O–H groups in total. The highest BCUT2D eigenvalue weighted by Crippen LogP contribution is 2.29. The fourth-order valence-electron chi connectivity index (χ4n) is 2.33. The number of fused-ring (bicyclic) bond motifs is 2. The van der Waals surface area contributed by atoms with E-state index >= 15 is 0 Å². The van der Waals surface area contributed by atoms with Gasteiger partial charge in [0.05, 0.1) is 0 Å². The van der Waals surface area contributed by atoms with E-state index < -0.39 is 0 Å². The van der Waals surface area contributed by atoms with Crippen LogP contribution in [0.2, 0.25) is 0 Å². The van der Waals surface area contributed by atoms with E-state index in [1.807, 2.05) is 22.7 Å². The van der Waals surface area contributed by atoms with E-state index in [9.17, 15) is 0 Å². The van der Waals surface area contributed by atoms with Crippen LogP contribution < -0.4 is 0 Å². The molecule has 0 aliphatic carbocycles. The van der Waals surface area contributed by atoms with Gasteiger partial charge >= 0.3 is 0 Å². The first kappa shape index (κ1) is 11.9. The van der Waals surface area contributed by atoms with Gasteiger partial charge < -0.3 is 0 Å². The summed E-state index contributed by atoms with van der Waals surface area (Å²) in [7, 11) is 0. The van der Waals surface area contributed by atoms with Crippen LogP contribution in [0.15, 0.2) is 60.7 Å². The van der Waals surface area contributed by atoms with Crippen LogP contribution in [-0.2, 0) is 0 Å². The van der Waals surface area contributed by atoms with Crippen molar-refractivity contribution >= 4 is 55.0 Å². The molecule has 2 heterocycles. The first-order valence-corrected chi connectivity index (χ1v) is 8.17. The summed E-state index contributed by atoms with van der Waals surface area (Å²) in [5, 5.41) is 2.65. The third-order valence-electron chi connectivity index (χ3n) is 3.30. The largest absolute Gasteiger partial charge is 0.136 e. The van der Waals surface area contributed by atoms with E-state index in [4.69, 9.17) is 0 Å². The molecule has 96 valence electrons. The Hall–Kier alpha value is -1.90. The summed E-state index contributed by atoms with van der Waals surface area (Å²) in [6.07, 6.45) is 4.44. The Bertz CT molecular complexity index is 767. The fraction of sp³-hybridized carbons (Fsp3) is 0. The molecule has 4 aromatic rings. The molecule has 2 heteroatoms. The molecule has 0 amide bonds. The zero-order valence-electron chi connectivity index (χ0n) is 10.7. The number of thiophene rings is 2. The minimum atomic E-state index is 1.31. The molecule has 2 aromatic carbocycles. The van der Waals surface area contributed by atoms with Crippen LogP contribution in [0, 0.1) is 0 Å². The average Bonchev–Trinajstić information content (AvgIpc) is 3.07. The predicted octanol–water partition coefficient (Wildman–Crippen LogP) is 6.29. The molecule has 0 aliphatic heterocycles. The molecular weight excluding hydrogens is 280 g/mol. The van der Waals surface area contributed by atoms with Crippen molar-refractivity contribution in [3.05, 3.63) is 70.4 Å². The molecule has 20 heavy (non-hydrogen) atoms. The number of benzene rings is 2. The number of rotatable bonds is 2. The Balaban J connectivity index is 1.70. The highest BCUT2D eigenvalue weighted by atomic mass is 32.1. The van der Waals surface area contributed by atoms with Crippen molar-refractivity contribution in [2.24, 2.45) is 0 Å². The Morgan fingerprint density at radius 2 is 1.05 bits per heavy atom. The van der Waals surface area contributed by atoms with Gasteiger partial charge in [0, 0.05) is 19.2 Å². The van der Waals surface area contributed by atoms with Gasteiger partial charge in [-0.25, -0.2) is 0 Å². The summed E-state index contributed by atoms with van der Waals surface area (Å²) >= 11 is 3.68. The van der Waals surface area contributed by atoms with Crippen molar-refractivity contribution in [3.63, 3.8) is 0 Å². The maximum Gasteiger partial charge on any atom is 0.0349 e. The minimum Gasteiger partial charge on any atom is -0.136 e. The van der Waals surface area contributed by atoms with Crippen LogP contribution in [-0.4, -0.2) is 0 Å². The third-order valence-corrected chi connectivity index (χ3v) is 5.46. The molecule has 0 saturated heterocycles. The fourth-order valence-corrected chi connectivity index (χ4v) is 4.27. The topological polar surface area (TPSA) is 0 Å². The van der Waals surface area contributed by atoms with Gasteiger partial charge in [-0.2, -0.15) is 0 Å². The smallest absolute Gasteiger partial charge is 0.0349 e. The van der Waals surface area contributed by atoms with Crippen molar-refractivity contribution in [3.8, 4) is 0 Å². The summed E-state index contributed by atoms with van der Waals surface area (Å²) in [4.78, 5) is 2.62. The normalized spacial score (nSPS) is 11.8. The standard InChI is InChI=1S/C18H12S2/c1-3-7-17-13(5-1)11-15(19-17)9-10-16-12-14-6-2-4-8-18(14)20-16/h1-12H/b10-9-. The van der Waals surface area contributed by atoms with Crippen LogP contribution >= 0.6 is 22.7 Å². The monoisotopic (exact) mass is 292 g/mol. The molecule has 0 spiro atoms. The van der Waals surface area contributed by atoms with Gasteiger partial charge in [-0.15, -0.1) is 22.7 Å². The molecule has 0 bridgehead atoms. The Morgan fingerprint density at radius 1 is 0.600 bits per heavy atom. The van der Waals surface area contributed by atoms with Crippen LogP contribution in [0.3, 0.4) is 0 Å². The van der Waals surface area contributed by atoms with Crippen LogP contribution in [0.25, 0.3) is 32.3 Å². The Morgan fingerprint density at radius 3 is 1.50 bits per heavy atom. The van der Waals surface area contributed by atoms with E-state index in [0.29, 0.717) is 0 Å². The lowest BCUT2D eigenvalue weighted by Crippen LogP contribution is -1.59. The van der Waals surface area contributed by atoms with Gasteiger partial charge in [-0.1, -0.05) is 36.4 Å². The zero-order chi connectivity index (χ0) is 13.4. The van der Waals surface area contributed by atoms with Crippen LogP contribution in [0.5, 0.6) is 0 Å². The second kappa shape index (κ2) is 4.89. The molecule has 2 aromatic heterocycles. The minimum absolute atomic E-state index is 1.31. The molecule has 0 unspecified atom stereocenters. The van der Waals surface area contributed by atoms with Gasteiger partial charge in [0.2, 0.25) is 0 Å². The lowest BCUT2D eigenvalue weighted by molar-refractivity contribution is 1.85. The van der Waals surface area contributed by atoms with Crippen molar-refractivity contribution < 1.29 is 0 Å². The summed E-state index contributed by atoms with van der Waals surface area (Å²) in [6, 6.07) is 21.6. The van der Waals surface area contributed by atoms with Crippen molar-refractivity contribution in [1.82, 2.24) is 0 Å². The van der Waals surface area contributed by atoms with E-state index in [0.717, 1.165) is 0 Å². The van der Waals surface area contributed by atoms with E-state index in [1.165, 1.54) is 29.9 Å². The van der Waals surface area contributed by atoms with Crippen LogP contribution in [0.4, 0.5) is 0 Å². The molecule has 0 nitrogen and oxygen atoms in total. The molecule has 0 aliphatic rings. The molecule has 0 fully saturated rings. The Labute approximate surface area is 125 Å². The number of hydrogen-bond acceptors (Lipinski definition) is 2. The molecule has 4 rings (SSSR count). The summed E-state index contributed by atoms with van der Waals surface area (Å²) in [5.41, 5.74) is 0. The van der Waals surface area contributed by atoms with Crippen molar-refractivity contribution in [1.29, 1.82) is 0 Å². The second-order valence-corrected chi connectivity index (χ2v) is 6.94. The van der Waals surface area contributed by atoms with Gasteiger partial charge in [0.25, 0.3) is 0 Å². The van der Waals surface area contributed by atoms with E-state index in [1.54, 1.807) is 0 Å². The van der Waals surface area contributed by atoms with E-state index in [-0.39, 0.29) is 0 Å². The van der Waals surface area contributed by atoms with Gasteiger partial charge in [-0.3, -0.25) is 0 Å². The first-order chi connectivity index (χ1) is 9.88. The van der Waals surface area contributed by atoms with Crippen LogP contribution in [0.1, 0.15) is 9.75 Å². The third kappa shape index (κ3) is 2.17. The number of hydrogen-bond donors (Lipinski definition) is 0. The second-order valence-electron chi connectivity index (χ2n) is 4.71. The maximum atomic E-state index is 2.25. The molecule has 0 atom stereocenters. The highest BCUT2D eigenvalue weighted by Gasteiger charge is 2.00. The quantitative estimate of drug-likeness (QED) is 0.407. The van der Waals surface area contributed by atoms with Crippen molar-refractivity contribution in [2.45, 2.75) is 0 Å². The summed E-state index contributed by atoms with van der Waals surface area (Å²) in [5.74, 6) is 0. The zero-order valence-corrected chi connectivity index (χ0v) is 12.4. The first-order valence-electron chi connectivity index (χ1n) is 6.54. The lowest BCUT2D eigenvalue weighted by atomic mass is 10.2. The van der Waals surface area contributed by atoms with E-state index in [2.05, 4.69) is 72.8 Å². The molecule has 0 radical (unpaired) electrons. The highest BCUT2D eigenvalue weighted by molar-refractivity contribution is 7.20. The Kier molecular flexibility index (Phi) is 2.91. The summed E-state index contributed by atoms with van der Waals surface area (Å²) in [6.45, 7) is 0. The van der Waals surface area contributed by atoms with Gasteiger partial charge in [0.1, 0.15) is 0 Å². The average molecular weight is 292 g/mol. The molecular formula is C18H12S2. The SMILES string of the molecule is C(=C/c1cc2ccccc2s1)/c1cc2ccccc2s1. The predicted molar refractivity (Wildman–Crippen MR) is 92.6 cm³/mol. The lowest BCUT2D eigenvalue weighted by Gasteiger charge is -1.83. The van der Waals surface area contributed by atoms with Crippen molar-refractivity contribution in [2.75, 3.05) is 0 Å².